The van der Waals surface area contributed by atoms with Gasteiger partial charge in [-0.15, -0.1) is 0 Å². The molecule has 0 amide bonds. The van der Waals surface area contributed by atoms with Crippen molar-refractivity contribution in [2.24, 2.45) is 0 Å². The number of aliphatic hydroxyl groups excluding tert-OH is 1. The molecule has 6 heteroatoms. The van der Waals surface area contributed by atoms with E-state index < -0.39 is 21.5 Å². The van der Waals surface area contributed by atoms with E-state index in [1.165, 1.54) is 25.7 Å². The van der Waals surface area contributed by atoms with Crippen molar-refractivity contribution < 1.29 is 47.6 Å². The Morgan fingerprint density at radius 2 is 1.23 bits per heavy atom. The van der Waals surface area contributed by atoms with Crippen molar-refractivity contribution in [3.8, 4) is 0 Å². The number of hydrogen-bond donors (Lipinski definition) is 1. The van der Waals surface area contributed by atoms with E-state index >= 15 is 0 Å². The molecule has 0 aromatic carbocycles. The summed E-state index contributed by atoms with van der Waals surface area (Å²) in [5.41, 5.74) is 0. The normalized spacial score (nSPS) is 14.4. The molecule has 0 saturated heterocycles. The standard InChI is InChI=1S/C16H34O4S.Na/c1-3-5-7-8-9-10-12-14-16(21(18,19)20)15(17)13-11-6-4-2;/h15-17H,3-14H2,1-2H3,(H,18,19,20);/q;+1/p-1. The molecule has 1 N–H and O–H groups in total. The zero-order chi connectivity index (χ0) is 16.1. The van der Waals surface area contributed by atoms with Crippen LogP contribution in [0.25, 0.3) is 0 Å². The van der Waals surface area contributed by atoms with Gasteiger partial charge < -0.3 is 9.66 Å². The van der Waals surface area contributed by atoms with Gasteiger partial charge in [-0.25, -0.2) is 8.42 Å². The molecule has 0 aliphatic heterocycles. The van der Waals surface area contributed by atoms with Crippen molar-refractivity contribution >= 4 is 10.1 Å². The van der Waals surface area contributed by atoms with Crippen molar-refractivity contribution in [3.63, 3.8) is 0 Å². The Bertz CT molecular complexity index is 333. The molecule has 0 rings (SSSR count). The zero-order valence-corrected chi connectivity index (χ0v) is 17.5. The molecule has 128 valence electrons. The van der Waals surface area contributed by atoms with Gasteiger partial charge in [-0.3, -0.25) is 0 Å². The SMILES string of the molecule is CCCCCCCCCC(C(O)CCCCC)S(=O)(=O)[O-].[Na+]. The van der Waals surface area contributed by atoms with E-state index in [0.29, 0.717) is 19.3 Å². The first-order valence-electron chi connectivity index (χ1n) is 8.56. The molecule has 0 fully saturated rings. The van der Waals surface area contributed by atoms with E-state index in [1.807, 2.05) is 6.92 Å². The summed E-state index contributed by atoms with van der Waals surface area (Å²) in [6.45, 7) is 4.22. The summed E-state index contributed by atoms with van der Waals surface area (Å²) in [5.74, 6) is 0. The molecule has 2 unspecified atom stereocenters. The molecule has 0 aliphatic rings. The van der Waals surface area contributed by atoms with Gasteiger partial charge in [-0.1, -0.05) is 78.1 Å². The fourth-order valence-electron chi connectivity index (χ4n) is 2.62. The van der Waals surface area contributed by atoms with E-state index in [1.54, 1.807) is 0 Å². The van der Waals surface area contributed by atoms with Gasteiger partial charge in [0.2, 0.25) is 0 Å². The maximum Gasteiger partial charge on any atom is 1.00 e. The van der Waals surface area contributed by atoms with Crippen molar-refractivity contribution in [2.75, 3.05) is 0 Å². The summed E-state index contributed by atoms with van der Waals surface area (Å²) in [5, 5.41) is 8.84. The Hall–Kier alpha value is 0.870. The Kier molecular flexibility index (Phi) is 17.6. The largest absolute Gasteiger partial charge is 1.00 e. The van der Waals surface area contributed by atoms with Crippen LogP contribution in [0.4, 0.5) is 0 Å². The number of unbranched alkanes of at least 4 members (excludes halogenated alkanes) is 8. The van der Waals surface area contributed by atoms with E-state index in [-0.39, 0.29) is 29.6 Å². The van der Waals surface area contributed by atoms with Crippen LogP contribution in [0.3, 0.4) is 0 Å². The van der Waals surface area contributed by atoms with Crippen molar-refractivity contribution in [1.29, 1.82) is 0 Å². The number of hydrogen-bond acceptors (Lipinski definition) is 4. The summed E-state index contributed by atoms with van der Waals surface area (Å²) in [7, 11) is -4.40. The van der Waals surface area contributed by atoms with Crippen LogP contribution >= 0.6 is 0 Å². The topological polar surface area (TPSA) is 77.4 Å². The molecule has 0 saturated carbocycles. The van der Waals surface area contributed by atoms with Crippen LogP contribution < -0.4 is 29.6 Å². The van der Waals surface area contributed by atoms with Gasteiger partial charge in [-0.05, 0) is 12.8 Å². The molecule has 4 nitrogen and oxygen atoms in total. The van der Waals surface area contributed by atoms with Gasteiger partial charge in [0.05, 0.1) is 11.4 Å². The van der Waals surface area contributed by atoms with Crippen molar-refractivity contribution in [1.82, 2.24) is 0 Å². The second kappa shape index (κ2) is 15.4. The average molecular weight is 344 g/mol. The van der Waals surface area contributed by atoms with Crippen LogP contribution in [0.5, 0.6) is 0 Å². The molecule has 0 bridgehead atoms. The zero-order valence-electron chi connectivity index (χ0n) is 14.7. The Labute approximate surface area is 159 Å². The van der Waals surface area contributed by atoms with Gasteiger partial charge in [0.25, 0.3) is 0 Å². The van der Waals surface area contributed by atoms with Gasteiger partial charge in [-0.2, -0.15) is 0 Å². The molecule has 2 atom stereocenters. The average Bonchev–Trinajstić information content (AvgIpc) is 2.40. The summed E-state index contributed by atoms with van der Waals surface area (Å²) < 4.78 is 33.9. The molecular weight excluding hydrogens is 311 g/mol. The quantitative estimate of drug-likeness (QED) is 0.290. The van der Waals surface area contributed by atoms with Gasteiger partial charge >= 0.3 is 29.6 Å². The Morgan fingerprint density at radius 3 is 1.73 bits per heavy atom. The monoisotopic (exact) mass is 344 g/mol. The smallest absolute Gasteiger partial charge is 0.748 e. The van der Waals surface area contributed by atoms with E-state index in [0.717, 1.165) is 32.1 Å². The fraction of sp³-hybridized carbons (Fsp3) is 1.00. The van der Waals surface area contributed by atoms with Crippen LogP contribution in [0.2, 0.25) is 0 Å². The van der Waals surface area contributed by atoms with Crippen LogP contribution in [-0.4, -0.2) is 29.4 Å². The molecule has 0 aliphatic carbocycles. The van der Waals surface area contributed by atoms with Crippen molar-refractivity contribution in [3.05, 3.63) is 0 Å². The predicted molar refractivity (Wildman–Crippen MR) is 86.2 cm³/mol. The third-order valence-electron chi connectivity index (χ3n) is 4.00. The van der Waals surface area contributed by atoms with Crippen LogP contribution in [-0.2, 0) is 10.1 Å². The molecule has 0 spiro atoms. The summed E-state index contributed by atoms with van der Waals surface area (Å²) in [6, 6.07) is 0. The third-order valence-corrected chi connectivity index (χ3v) is 5.29. The first-order valence-corrected chi connectivity index (χ1v) is 10.0. The first-order chi connectivity index (χ1) is 9.93. The maximum atomic E-state index is 11.3. The molecule has 0 radical (unpaired) electrons. The molecular formula is C16H33NaO4S. The van der Waals surface area contributed by atoms with E-state index in [9.17, 15) is 18.1 Å². The summed E-state index contributed by atoms with van der Waals surface area (Å²) >= 11 is 0. The second-order valence-electron chi connectivity index (χ2n) is 6.00. The van der Waals surface area contributed by atoms with Gasteiger partial charge in [0.1, 0.15) is 10.1 Å². The summed E-state index contributed by atoms with van der Waals surface area (Å²) in [6.07, 6.45) is 10.0. The van der Waals surface area contributed by atoms with Crippen LogP contribution in [0.15, 0.2) is 0 Å². The Morgan fingerprint density at radius 1 is 0.818 bits per heavy atom. The molecule has 0 heterocycles. The molecule has 0 aromatic rings. The van der Waals surface area contributed by atoms with Gasteiger partial charge in [0.15, 0.2) is 0 Å². The maximum absolute atomic E-state index is 11.3. The minimum atomic E-state index is -4.40. The van der Waals surface area contributed by atoms with Crippen LogP contribution in [0, 0.1) is 0 Å². The predicted octanol–water partition coefficient (Wildman–Crippen LogP) is 0.986. The Balaban J connectivity index is 0. The van der Waals surface area contributed by atoms with Crippen LogP contribution in [0.1, 0.15) is 90.9 Å². The number of rotatable bonds is 14. The summed E-state index contributed by atoms with van der Waals surface area (Å²) in [4.78, 5) is 0. The number of aliphatic hydroxyl groups is 1. The fourth-order valence-corrected chi connectivity index (χ4v) is 3.60. The van der Waals surface area contributed by atoms with E-state index in [2.05, 4.69) is 6.92 Å². The minimum absolute atomic E-state index is 0. The minimum Gasteiger partial charge on any atom is -0.748 e. The van der Waals surface area contributed by atoms with Crippen molar-refractivity contribution in [2.45, 2.75) is 102 Å². The first kappa shape index (κ1) is 25.1. The second-order valence-corrected chi connectivity index (χ2v) is 7.60. The third kappa shape index (κ3) is 13.3. The molecule has 0 aromatic heterocycles. The molecule has 22 heavy (non-hydrogen) atoms. The van der Waals surface area contributed by atoms with Gasteiger partial charge in [0, 0.05) is 0 Å². The van der Waals surface area contributed by atoms with E-state index in [4.69, 9.17) is 0 Å².